The van der Waals surface area contributed by atoms with Crippen molar-refractivity contribution in [1.82, 2.24) is 5.32 Å². The van der Waals surface area contributed by atoms with Crippen LogP contribution < -0.4 is 10.6 Å². The first-order valence-electron chi connectivity index (χ1n) is 14.1. The molecule has 1 aromatic heterocycles. The number of carbonyl (C=O) groups excluding carboxylic acids is 2. The van der Waals surface area contributed by atoms with Crippen LogP contribution in [0.4, 0.5) is 10.1 Å². The smallest absolute Gasteiger partial charge is 0.337 e. The minimum atomic E-state index is -0.345. The number of anilines is 1. The summed E-state index contributed by atoms with van der Waals surface area (Å²) in [6, 6.07) is 17.3. The number of hydrogen-bond donors (Lipinski definition) is 2. The van der Waals surface area contributed by atoms with Crippen molar-refractivity contribution in [2.24, 2.45) is 0 Å². The number of ether oxygens (including phenoxy) is 2. The first-order valence-corrected chi connectivity index (χ1v) is 14.1. The summed E-state index contributed by atoms with van der Waals surface area (Å²) in [6.45, 7) is 1.98. The normalized spacial score (nSPS) is 12.9. The molecule has 5 rings (SSSR count). The number of esters is 1. The van der Waals surface area contributed by atoms with Crippen LogP contribution >= 0.6 is 0 Å². The lowest BCUT2D eigenvalue weighted by molar-refractivity contribution is 0.0600. The second kappa shape index (κ2) is 13.0. The van der Waals surface area contributed by atoms with Gasteiger partial charge in [-0.2, -0.15) is 0 Å². The summed E-state index contributed by atoms with van der Waals surface area (Å²) in [6.07, 6.45) is 5.21. The highest BCUT2D eigenvalue weighted by molar-refractivity contribution is 6.11. The molecule has 1 fully saturated rings. The predicted octanol–water partition coefficient (Wildman–Crippen LogP) is 7.06. The van der Waals surface area contributed by atoms with Crippen molar-refractivity contribution in [2.75, 3.05) is 32.6 Å². The number of amides is 1. The zero-order valence-electron chi connectivity index (χ0n) is 23.4. The van der Waals surface area contributed by atoms with Crippen LogP contribution in [0.1, 0.15) is 69.9 Å². The summed E-state index contributed by atoms with van der Waals surface area (Å²) in [7, 11) is 2.97. The quantitative estimate of drug-likeness (QED) is 0.135. The Morgan fingerprint density at radius 3 is 2.44 bits per heavy atom. The Hall–Kier alpha value is -4.17. The zero-order valence-corrected chi connectivity index (χ0v) is 23.4. The van der Waals surface area contributed by atoms with Crippen LogP contribution in [0.15, 0.2) is 65.1 Å². The van der Waals surface area contributed by atoms with Crippen LogP contribution in [0.3, 0.4) is 0 Å². The fourth-order valence-electron chi connectivity index (χ4n) is 4.97. The Morgan fingerprint density at radius 1 is 1.00 bits per heavy atom. The van der Waals surface area contributed by atoms with Gasteiger partial charge in [-0.1, -0.05) is 12.1 Å². The number of unbranched alkanes of at least 4 members (excludes halogenated alkanes) is 2. The fourth-order valence-corrected chi connectivity index (χ4v) is 4.97. The van der Waals surface area contributed by atoms with Gasteiger partial charge in [0.05, 0.1) is 24.8 Å². The maximum Gasteiger partial charge on any atom is 0.337 e. The van der Waals surface area contributed by atoms with Gasteiger partial charge in [-0.05, 0) is 91.6 Å². The molecule has 41 heavy (non-hydrogen) atoms. The molecule has 2 N–H and O–H groups in total. The molecule has 214 valence electrons. The van der Waals surface area contributed by atoms with E-state index in [1.54, 1.807) is 31.3 Å². The van der Waals surface area contributed by atoms with Crippen LogP contribution in [-0.2, 0) is 16.1 Å². The van der Waals surface area contributed by atoms with E-state index in [4.69, 9.17) is 13.9 Å². The molecule has 0 atom stereocenters. The van der Waals surface area contributed by atoms with E-state index in [0.717, 1.165) is 55.3 Å². The Kier molecular flexibility index (Phi) is 8.99. The van der Waals surface area contributed by atoms with E-state index >= 15 is 0 Å². The van der Waals surface area contributed by atoms with Gasteiger partial charge in [0, 0.05) is 42.9 Å². The SMILES string of the molecule is CNC(=O)c1c(-c2ccc(F)cc2)oc2cc(NCCCCCOCc3ccc(C(=O)OC)cc3)c(C3CC3)cc12. The molecular weight excluding hydrogens is 523 g/mol. The number of fused-ring (bicyclic) bond motifs is 1. The van der Waals surface area contributed by atoms with E-state index in [-0.39, 0.29) is 17.7 Å². The summed E-state index contributed by atoms with van der Waals surface area (Å²) in [5.74, 6) is -0.00251. The topological polar surface area (TPSA) is 89.8 Å². The fraction of sp³-hybridized carbons (Fsp3) is 0.333. The number of benzene rings is 3. The van der Waals surface area contributed by atoms with Crippen molar-refractivity contribution in [3.05, 3.63) is 88.7 Å². The molecule has 0 bridgehead atoms. The maximum absolute atomic E-state index is 13.5. The maximum atomic E-state index is 13.5. The predicted molar refractivity (Wildman–Crippen MR) is 157 cm³/mol. The standard InChI is InChI=1S/C33H35FN2O5/c1-35-32(37)30-27-18-26(22-10-11-22)28(19-29(27)41-31(30)23-12-14-25(34)15-13-23)36-16-4-3-5-17-40-20-21-6-8-24(9-7-21)33(38)39-2/h6-9,12-15,18-19,22,36H,3-5,10-11,16-17,20H2,1-2H3,(H,35,37). The highest BCUT2D eigenvalue weighted by Crippen LogP contribution is 2.46. The van der Waals surface area contributed by atoms with Crippen molar-refractivity contribution in [3.8, 4) is 11.3 Å². The van der Waals surface area contributed by atoms with E-state index in [2.05, 4.69) is 16.7 Å². The molecule has 8 heteroatoms. The first kappa shape index (κ1) is 28.4. The number of rotatable bonds is 13. The van der Waals surface area contributed by atoms with Crippen LogP contribution in [-0.4, -0.2) is 39.2 Å². The average Bonchev–Trinajstić information content (AvgIpc) is 3.78. The largest absolute Gasteiger partial charge is 0.465 e. The highest BCUT2D eigenvalue weighted by atomic mass is 19.1. The molecule has 0 radical (unpaired) electrons. The molecule has 1 saturated carbocycles. The third-order valence-electron chi connectivity index (χ3n) is 7.36. The van der Waals surface area contributed by atoms with Gasteiger partial charge in [0.2, 0.25) is 0 Å². The summed E-state index contributed by atoms with van der Waals surface area (Å²) in [5.41, 5.74) is 5.54. The number of hydrogen-bond acceptors (Lipinski definition) is 6. The number of halogens is 1. The minimum Gasteiger partial charge on any atom is -0.465 e. The Balaban J connectivity index is 1.18. The van der Waals surface area contributed by atoms with Crippen molar-refractivity contribution in [3.63, 3.8) is 0 Å². The molecular formula is C33H35FN2O5. The third kappa shape index (κ3) is 6.77. The Morgan fingerprint density at radius 2 is 1.76 bits per heavy atom. The Labute approximate surface area is 239 Å². The van der Waals surface area contributed by atoms with Gasteiger partial charge in [0.25, 0.3) is 5.91 Å². The minimum absolute atomic E-state index is 0.231. The zero-order chi connectivity index (χ0) is 28.8. The number of nitrogens with one attached hydrogen (secondary N) is 2. The van der Waals surface area contributed by atoms with Gasteiger partial charge < -0.3 is 24.5 Å². The molecule has 0 spiro atoms. The highest BCUT2D eigenvalue weighted by Gasteiger charge is 2.29. The van der Waals surface area contributed by atoms with E-state index in [9.17, 15) is 14.0 Å². The molecule has 7 nitrogen and oxygen atoms in total. The molecule has 1 aliphatic carbocycles. The molecule has 1 aliphatic rings. The van der Waals surface area contributed by atoms with Gasteiger partial charge in [0.15, 0.2) is 0 Å². The number of carbonyl (C=O) groups is 2. The lowest BCUT2D eigenvalue weighted by atomic mass is 10.0. The van der Waals surface area contributed by atoms with Crippen LogP contribution in [0.25, 0.3) is 22.3 Å². The summed E-state index contributed by atoms with van der Waals surface area (Å²) in [4.78, 5) is 24.4. The first-order chi connectivity index (χ1) is 20.0. The van der Waals surface area contributed by atoms with Gasteiger partial charge in [0.1, 0.15) is 17.2 Å². The second-order valence-corrected chi connectivity index (χ2v) is 10.3. The average molecular weight is 559 g/mol. The molecule has 1 amide bonds. The van der Waals surface area contributed by atoms with Gasteiger partial charge >= 0.3 is 5.97 Å². The molecule has 4 aromatic rings. The lowest BCUT2D eigenvalue weighted by Gasteiger charge is -2.12. The van der Waals surface area contributed by atoms with Gasteiger partial charge in [-0.3, -0.25) is 4.79 Å². The summed E-state index contributed by atoms with van der Waals surface area (Å²) < 4.78 is 30.3. The molecule has 1 heterocycles. The van der Waals surface area contributed by atoms with Crippen LogP contribution in [0.2, 0.25) is 0 Å². The van der Waals surface area contributed by atoms with Crippen LogP contribution in [0, 0.1) is 5.82 Å². The van der Waals surface area contributed by atoms with Crippen molar-refractivity contribution in [2.45, 2.75) is 44.6 Å². The van der Waals surface area contributed by atoms with E-state index in [0.29, 0.717) is 47.2 Å². The summed E-state index contributed by atoms with van der Waals surface area (Å²) >= 11 is 0. The van der Waals surface area contributed by atoms with Crippen molar-refractivity contribution in [1.29, 1.82) is 0 Å². The number of methoxy groups -OCH3 is 1. The van der Waals surface area contributed by atoms with E-state index in [1.807, 2.05) is 18.2 Å². The van der Waals surface area contributed by atoms with Crippen LogP contribution in [0.5, 0.6) is 0 Å². The molecule has 0 saturated heterocycles. The van der Waals surface area contributed by atoms with Crippen molar-refractivity contribution >= 4 is 28.5 Å². The van der Waals surface area contributed by atoms with Gasteiger partial charge in [-0.25, -0.2) is 9.18 Å². The monoisotopic (exact) mass is 558 g/mol. The summed E-state index contributed by atoms with van der Waals surface area (Å²) in [5, 5.41) is 7.09. The number of furan rings is 1. The lowest BCUT2D eigenvalue weighted by Crippen LogP contribution is -2.18. The molecule has 0 unspecified atom stereocenters. The molecule has 3 aromatic carbocycles. The Bertz CT molecular complexity index is 1510. The van der Waals surface area contributed by atoms with Crippen molar-refractivity contribution < 1.29 is 27.9 Å². The third-order valence-corrected chi connectivity index (χ3v) is 7.36. The second-order valence-electron chi connectivity index (χ2n) is 10.3. The van der Waals surface area contributed by atoms with E-state index < -0.39 is 0 Å². The molecule has 0 aliphatic heterocycles. The van der Waals surface area contributed by atoms with Gasteiger partial charge in [-0.15, -0.1) is 0 Å². The van der Waals surface area contributed by atoms with E-state index in [1.165, 1.54) is 24.8 Å².